The van der Waals surface area contributed by atoms with Crippen molar-refractivity contribution in [2.45, 2.75) is 32.6 Å². The minimum absolute atomic E-state index is 0.00147. The van der Waals surface area contributed by atoms with Crippen LogP contribution in [0.2, 0.25) is 0 Å². The van der Waals surface area contributed by atoms with Crippen molar-refractivity contribution in [3.05, 3.63) is 41.6 Å². The minimum Gasteiger partial charge on any atom is -0.496 e. The van der Waals surface area contributed by atoms with Gasteiger partial charge in [-0.05, 0) is 25.3 Å². The number of allylic oxidation sites excluding steroid dienone is 1. The van der Waals surface area contributed by atoms with Gasteiger partial charge < -0.3 is 10.1 Å². The van der Waals surface area contributed by atoms with Gasteiger partial charge in [0.1, 0.15) is 5.75 Å². The van der Waals surface area contributed by atoms with Crippen LogP contribution in [0.15, 0.2) is 30.5 Å². The summed E-state index contributed by atoms with van der Waals surface area (Å²) in [6, 6.07) is 5.48. The van der Waals surface area contributed by atoms with Crippen molar-refractivity contribution in [2.75, 3.05) is 7.11 Å². The molecular weight excluding hydrogens is 266 g/mol. The fraction of sp³-hybridized carbons (Fsp3) is 0.412. The second-order valence-corrected chi connectivity index (χ2v) is 5.30. The van der Waals surface area contributed by atoms with Gasteiger partial charge in [-0.15, -0.1) is 0 Å². The number of hydrogen-bond acceptors (Lipinski definition) is 3. The molecule has 1 heterocycles. The average molecular weight is 287 g/mol. The molecular formula is C17H21NO3. The summed E-state index contributed by atoms with van der Waals surface area (Å²) in [5, 5.41) is 2.73. The number of amides is 1. The number of piperidine rings is 1. The van der Waals surface area contributed by atoms with E-state index in [-0.39, 0.29) is 24.0 Å². The molecule has 1 N–H and O–H groups in total. The Morgan fingerprint density at radius 3 is 2.86 bits per heavy atom. The fourth-order valence-corrected chi connectivity index (χ4v) is 2.73. The van der Waals surface area contributed by atoms with E-state index in [2.05, 4.69) is 11.9 Å². The van der Waals surface area contributed by atoms with Crippen molar-refractivity contribution in [1.29, 1.82) is 0 Å². The lowest BCUT2D eigenvalue weighted by atomic mass is 9.88. The van der Waals surface area contributed by atoms with Gasteiger partial charge in [0.25, 0.3) is 0 Å². The van der Waals surface area contributed by atoms with Crippen molar-refractivity contribution in [2.24, 2.45) is 5.92 Å². The second kappa shape index (κ2) is 6.57. The molecule has 21 heavy (non-hydrogen) atoms. The van der Waals surface area contributed by atoms with Crippen molar-refractivity contribution in [3.8, 4) is 5.75 Å². The molecule has 0 spiro atoms. The normalized spacial score (nSPS) is 18.3. The smallest absolute Gasteiger partial charge is 0.227 e. The number of benzene rings is 1. The molecule has 0 aliphatic carbocycles. The maximum atomic E-state index is 12.5. The molecule has 1 amide bonds. The predicted octanol–water partition coefficient (Wildman–Crippen LogP) is 2.87. The van der Waals surface area contributed by atoms with Crippen LogP contribution in [0.3, 0.4) is 0 Å². The van der Waals surface area contributed by atoms with Gasteiger partial charge in [-0.2, -0.15) is 0 Å². The number of nitrogens with one attached hydrogen (secondary N) is 1. The van der Waals surface area contributed by atoms with Gasteiger partial charge in [0.15, 0.2) is 5.78 Å². The molecule has 1 unspecified atom stereocenters. The van der Waals surface area contributed by atoms with E-state index in [4.69, 9.17) is 4.74 Å². The molecule has 1 aromatic rings. The predicted molar refractivity (Wildman–Crippen MR) is 81.3 cm³/mol. The fourth-order valence-electron chi connectivity index (χ4n) is 2.73. The average Bonchev–Trinajstić information content (AvgIpc) is 2.49. The highest BCUT2D eigenvalue weighted by atomic mass is 16.5. The van der Waals surface area contributed by atoms with Gasteiger partial charge in [0, 0.05) is 29.2 Å². The van der Waals surface area contributed by atoms with Gasteiger partial charge in [0.2, 0.25) is 5.91 Å². The van der Waals surface area contributed by atoms with E-state index in [1.54, 1.807) is 7.11 Å². The third-order valence-electron chi connectivity index (χ3n) is 3.90. The van der Waals surface area contributed by atoms with Crippen LogP contribution < -0.4 is 10.1 Å². The molecule has 1 aliphatic rings. The highest BCUT2D eigenvalue weighted by Crippen LogP contribution is 2.27. The van der Waals surface area contributed by atoms with Crippen LogP contribution in [0, 0.1) is 5.92 Å². The molecule has 1 aromatic carbocycles. The Bertz CT molecular complexity index is 577. The Kier molecular flexibility index (Phi) is 4.78. The van der Waals surface area contributed by atoms with Crippen LogP contribution in [-0.4, -0.2) is 18.8 Å². The van der Waals surface area contributed by atoms with E-state index in [1.165, 1.54) is 0 Å². The molecule has 1 saturated heterocycles. The molecule has 1 fully saturated rings. The molecule has 2 rings (SSSR count). The van der Waals surface area contributed by atoms with Gasteiger partial charge in [-0.3, -0.25) is 9.59 Å². The van der Waals surface area contributed by atoms with Gasteiger partial charge in [-0.25, -0.2) is 0 Å². The standard InChI is InChI=1S/C17H21NO3/c1-4-13-14(6-5-7-16(13)21-3)15(19)10-12-9-8-11(2)18-17(12)20/h5-7,12H,2,4,8-10H2,1,3H3,(H,18,20). The summed E-state index contributed by atoms with van der Waals surface area (Å²) < 4.78 is 5.31. The topological polar surface area (TPSA) is 55.4 Å². The lowest BCUT2D eigenvalue weighted by molar-refractivity contribution is -0.125. The summed E-state index contributed by atoms with van der Waals surface area (Å²) in [5.74, 6) is 0.364. The summed E-state index contributed by atoms with van der Waals surface area (Å²) >= 11 is 0. The minimum atomic E-state index is -0.265. The molecule has 4 heteroatoms. The van der Waals surface area contributed by atoms with Gasteiger partial charge >= 0.3 is 0 Å². The van der Waals surface area contributed by atoms with Crippen LogP contribution in [0.1, 0.15) is 42.1 Å². The molecule has 112 valence electrons. The number of ketones is 1. The van der Waals surface area contributed by atoms with E-state index >= 15 is 0 Å². The Morgan fingerprint density at radius 2 is 2.24 bits per heavy atom. The molecule has 1 atom stereocenters. The SMILES string of the molecule is C=C1CCC(CC(=O)c2cccc(OC)c2CC)C(=O)N1. The van der Waals surface area contributed by atoms with E-state index in [9.17, 15) is 9.59 Å². The molecule has 0 saturated carbocycles. The van der Waals surface area contributed by atoms with E-state index < -0.39 is 0 Å². The first-order valence-corrected chi connectivity index (χ1v) is 7.24. The van der Waals surface area contributed by atoms with Gasteiger partial charge in [-0.1, -0.05) is 25.6 Å². The first kappa shape index (κ1) is 15.3. The summed E-state index contributed by atoms with van der Waals surface area (Å²) in [6.07, 6.45) is 2.38. The molecule has 0 aromatic heterocycles. The highest BCUT2D eigenvalue weighted by Gasteiger charge is 2.27. The van der Waals surface area contributed by atoms with Crippen molar-refractivity contribution >= 4 is 11.7 Å². The number of rotatable bonds is 5. The number of hydrogen-bond donors (Lipinski definition) is 1. The summed E-state index contributed by atoms with van der Waals surface area (Å²) in [7, 11) is 1.60. The number of carbonyl (C=O) groups excluding carboxylic acids is 2. The highest BCUT2D eigenvalue weighted by molar-refractivity contribution is 6.00. The third-order valence-corrected chi connectivity index (χ3v) is 3.90. The Labute approximate surface area is 125 Å². The summed E-state index contributed by atoms with van der Waals surface area (Å²) in [4.78, 5) is 24.4. The van der Waals surface area contributed by atoms with Crippen LogP contribution >= 0.6 is 0 Å². The zero-order valence-corrected chi connectivity index (χ0v) is 12.6. The van der Waals surface area contributed by atoms with Crippen molar-refractivity contribution in [1.82, 2.24) is 5.32 Å². The lowest BCUT2D eigenvalue weighted by Crippen LogP contribution is -2.35. The Morgan fingerprint density at radius 1 is 1.48 bits per heavy atom. The van der Waals surface area contributed by atoms with E-state index in [0.717, 1.165) is 29.9 Å². The molecule has 0 radical (unpaired) electrons. The molecule has 0 bridgehead atoms. The number of ether oxygens (including phenoxy) is 1. The van der Waals surface area contributed by atoms with Gasteiger partial charge in [0.05, 0.1) is 7.11 Å². The van der Waals surface area contributed by atoms with E-state index in [1.807, 2.05) is 25.1 Å². The second-order valence-electron chi connectivity index (χ2n) is 5.30. The third kappa shape index (κ3) is 3.32. The number of Topliss-reactive ketones (excluding diaryl/α,β-unsaturated/α-hetero) is 1. The first-order valence-electron chi connectivity index (χ1n) is 7.24. The first-order chi connectivity index (χ1) is 10.1. The maximum Gasteiger partial charge on any atom is 0.227 e. The molecule has 1 aliphatic heterocycles. The Hall–Kier alpha value is -2.10. The number of methoxy groups -OCH3 is 1. The zero-order chi connectivity index (χ0) is 15.4. The summed E-state index contributed by atoms with van der Waals surface area (Å²) in [6.45, 7) is 5.75. The maximum absolute atomic E-state index is 12.5. The van der Waals surface area contributed by atoms with Crippen LogP contribution in [0.4, 0.5) is 0 Å². The number of carbonyl (C=O) groups is 2. The quantitative estimate of drug-likeness (QED) is 0.847. The van der Waals surface area contributed by atoms with Crippen LogP contribution in [-0.2, 0) is 11.2 Å². The van der Waals surface area contributed by atoms with Crippen LogP contribution in [0.5, 0.6) is 5.75 Å². The lowest BCUT2D eigenvalue weighted by Gasteiger charge is -2.23. The largest absolute Gasteiger partial charge is 0.496 e. The van der Waals surface area contributed by atoms with Crippen molar-refractivity contribution in [3.63, 3.8) is 0 Å². The van der Waals surface area contributed by atoms with E-state index in [0.29, 0.717) is 12.0 Å². The Balaban J connectivity index is 2.17. The van der Waals surface area contributed by atoms with Crippen LogP contribution in [0.25, 0.3) is 0 Å². The van der Waals surface area contributed by atoms with Crippen molar-refractivity contribution < 1.29 is 14.3 Å². The monoisotopic (exact) mass is 287 g/mol. The molecule has 4 nitrogen and oxygen atoms in total. The summed E-state index contributed by atoms with van der Waals surface area (Å²) in [5.41, 5.74) is 2.30. The zero-order valence-electron chi connectivity index (χ0n) is 12.6.